The molecule has 2 fully saturated rings. The summed E-state index contributed by atoms with van der Waals surface area (Å²) in [5.74, 6) is 0. The lowest BCUT2D eigenvalue weighted by molar-refractivity contribution is 0.321. The molecule has 0 amide bonds. The molecule has 2 saturated carbocycles. The Morgan fingerprint density at radius 2 is 1.86 bits per heavy atom. The average molecular weight is 192 g/mol. The number of rotatable bonds is 4. The normalized spacial score (nSPS) is 27.1. The molecule has 2 nitrogen and oxygen atoms in total. The van der Waals surface area contributed by atoms with Crippen LogP contribution in [0.2, 0.25) is 0 Å². The van der Waals surface area contributed by atoms with Crippen LogP contribution >= 0.6 is 0 Å². The zero-order valence-electron chi connectivity index (χ0n) is 9.10. The molecule has 0 radical (unpaired) electrons. The molecule has 0 unspecified atom stereocenters. The molecule has 2 aliphatic rings. The topological polar surface area (TPSA) is 35.8 Å². The van der Waals surface area contributed by atoms with Crippen LogP contribution in [0.5, 0.6) is 0 Å². The smallest absolute Gasteiger partial charge is 0.0628 e. The Bertz CT molecular complexity index is 242. The molecule has 1 N–H and O–H groups in total. The van der Waals surface area contributed by atoms with Crippen LogP contribution in [0, 0.1) is 16.7 Å². The van der Waals surface area contributed by atoms with Gasteiger partial charge >= 0.3 is 0 Å². The molecule has 0 saturated heterocycles. The predicted molar refractivity (Wildman–Crippen MR) is 56.8 cm³/mol. The molecule has 0 atom stereocenters. The Morgan fingerprint density at radius 1 is 1.21 bits per heavy atom. The molecular formula is C12H20N2. The van der Waals surface area contributed by atoms with Gasteiger partial charge in [0.15, 0.2) is 0 Å². The van der Waals surface area contributed by atoms with E-state index in [-0.39, 0.29) is 0 Å². The largest absolute Gasteiger partial charge is 0.311 e. The van der Waals surface area contributed by atoms with Gasteiger partial charge in [0.25, 0.3) is 0 Å². The van der Waals surface area contributed by atoms with E-state index in [1.807, 2.05) is 0 Å². The third-order valence-electron chi connectivity index (χ3n) is 4.01. The molecular weight excluding hydrogens is 172 g/mol. The number of hydrogen-bond acceptors (Lipinski definition) is 2. The molecule has 14 heavy (non-hydrogen) atoms. The highest BCUT2D eigenvalue weighted by Crippen LogP contribution is 2.48. The van der Waals surface area contributed by atoms with Crippen molar-refractivity contribution < 1.29 is 0 Å². The van der Waals surface area contributed by atoms with Crippen molar-refractivity contribution in [1.29, 1.82) is 5.26 Å². The summed E-state index contributed by atoms with van der Waals surface area (Å²) in [5, 5.41) is 12.4. The highest BCUT2D eigenvalue weighted by molar-refractivity contribution is 5.02. The quantitative estimate of drug-likeness (QED) is 0.743. The molecule has 0 aliphatic heterocycles. The second-order valence-electron chi connectivity index (χ2n) is 5.46. The van der Waals surface area contributed by atoms with Crippen molar-refractivity contribution in [3.63, 3.8) is 0 Å². The number of nitriles is 1. The molecule has 2 heteroatoms. The van der Waals surface area contributed by atoms with Crippen LogP contribution in [-0.2, 0) is 0 Å². The van der Waals surface area contributed by atoms with E-state index in [4.69, 9.17) is 5.26 Å². The van der Waals surface area contributed by atoms with Gasteiger partial charge in [0, 0.05) is 18.5 Å². The minimum absolute atomic E-state index is 0.361. The van der Waals surface area contributed by atoms with E-state index in [1.54, 1.807) is 0 Å². The third kappa shape index (κ3) is 2.09. The van der Waals surface area contributed by atoms with Crippen molar-refractivity contribution in [2.24, 2.45) is 5.41 Å². The summed E-state index contributed by atoms with van der Waals surface area (Å²) in [7, 11) is 0. The number of nitrogens with zero attached hydrogens (tertiary/aromatic N) is 1. The van der Waals surface area contributed by atoms with Gasteiger partial charge in [-0.2, -0.15) is 5.26 Å². The fourth-order valence-corrected chi connectivity index (χ4v) is 2.49. The zero-order valence-corrected chi connectivity index (χ0v) is 9.10. The van der Waals surface area contributed by atoms with Crippen molar-refractivity contribution in [1.82, 2.24) is 5.32 Å². The second-order valence-corrected chi connectivity index (χ2v) is 5.46. The minimum Gasteiger partial charge on any atom is -0.311 e. The van der Waals surface area contributed by atoms with Gasteiger partial charge in [-0.15, -0.1) is 0 Å². The highest BCUT2D eigenvalue weighted by Gasteiger charge is 2.43. The maximum absolute atomic E-state index is 8.72. The van der Waals surface area contributed by atoms with Crippen molar-refractivity contribution in [2.45, 2.75) is 57.4 Å². The third-order valence-corrected chi connectivity index (χ3v) is 4.01. The molecule has 78 valence electrons. The lowest BCUT2D eigenvalue weighted by Crippen LogP contribution is -2.42. The SMILES string of the molecule is CC1(NCC2(CC#N)CC2)CCCC1. The molecule has 0 aromatic carbocycles. The van der Waals surface area contributed by atoms with E-state index in [2.05, 4.69) is 18.3 Å². The van der Waals surface area contributed by atoms with E-state index < -0.39 is 0 Å². The number of nitrogens with one attached hydrogen (secondary N) is 1. The van der Waals surface area contributed by atoms with Crippen LogP contribution in [0.4, 0.5) is 0 Å². The van der Waals surface area contributed by atoms with E-state index >= 15 is 0 Å². The van der Waals surface area contributed by atoms with Gasteiger partial charge in [-0.1, -0.05) is 12.8 Å². The van der Waals surface area contributed by atoms with Gasteiger partial charge in [0.1, 0.15) is 0 Å². The standard InChI is InChI=1S/C12H20N2/c1-11(4-2-3-5-11)14-10-12(6-7-12)8-9-13/h14H,2-8,10H2,1H3. The minimum atomic E-state index is 0.361. The average Bonchev–Trinajstić information content (AvgIpc) is 2.80. The van der Waals surface area contributed by atoms with Crippen molar-refractivity contribution in [3.8, 4) is 6.07 Å². The van der Waals surface area contributed by atoms with E-state index in [1.165, 1.54) is 38.5 Å². The maximum Gasteiger partial charge on any atom is 0.0628 e. The van der Waals surface area contributed by atoms with E-state index in [0.717, 1.165) is 13.0 Å². The van der Waals surface area contributed by atoms with Crippen LogP contribution in [0.15, 0.2) is 0 Å². The van der Waals surface area contributed by atoms with Gasteiger partial charge in [0.2, 0.25) is 0 Å². The molecule has 0 aromatic heterocycles. The first-order valence-corrected chi connectivity index (χ1v) is 5.80. The Labute approximate surface area is 86.7 Å². The fourth-order valence-electron chi connectivity index (χ4n) is 2.49. The van der Waals surface area contributed by atoms with E-state index in [9.17, 15) is 0 Å². The monoisotopic (exact) mass is 192 g/mol. The van der Waals surface area contributed by atoms with Crippen molar-refractivity contribution in [2.75, 3.05) is 6.54 Å². The van der Waals surface area contributed by atoms with Gasteiger partial charge in [-0.25, -0.2) is 0 Å². The van der Waals surface area contributed by atoms with E-state index in [0.29, 0.717) is 11.0 Å². The first-order chi connectivity index (χ1) is 6.68. The Morgan fingerprint density at radius 3 is 2.36 bits per heavy atom. The van der Waals surface area contributed by atoms with Gasteiger partial charge in [0.05, 0.1) is 6.07 Å². The zero-order chi connectivity index (χ0) is 10.1. The Kier molecular flexibility index (Phi) is 2.53. The van der Waals surface area contributed by atoms with Crippen LogP contribution in [0.1, 0.15) is 51.9 Å². The van der Waals surface area contributed by atoms with Gasteiger partial charge in [-0.3, -0.25) is 0 Å². The summed E-state index contributed by atoms with van der Waals surface area (Å²) in [6.45, 7) is 3.40. The Balaban J connectivity index is 1.79. The lowest BCUT2D eigenvalue weighted by atomic mass is 9.97. The van der Waals surface area contributed by atoms with Gasteiger partial charge in [-0.05, 0) is 38.0 Å². The lowest BCUT2D eigenvalue weighted by Gasteiger charge is -2.27. The van der Waals surface area contributed by atoms with Crippen LogP contribution in [0.3, 0.4) is 0 Å². The summed E-state index contributed by atoms with van der Waals surface area (Å²) >= 11 is 0. The molecule has 2 rings (SSSR count). The van der Waals surface area contributed by atoms with Gasteiger partial charge < -0.3 is 5.32 Å². The van der Waals surface area contributed by atoms with Crippen molar-refractivity contribution >= 4 is 0 Å². The highest BCUT2D eigenvalue weighted by atomic mass is 15.0. The number of hydrogen-bond donors (Lipinski definition) is 1. The summed E-state index contributed by atoms with van der Waals surface area (Å²) < 4.78 is 0. The maximum atomic E-state index is 8.72. The fraction of sp³-hybridized carbons (Fsp3) is 0.917. The molecule has 0 bridgehead atoms. The molecule has 0 aromatic rings. The first-order valence-electron chi connectivity index (χ1n) is 5.80. The second kappa shape index (κ2) is 3.55. The summed E-state index contributed by atoms with van der Waals surface area (Å²) in [4.78, 5) is 0. The van der Waals surface area contributed by atoms with Crippen LogP contribution in [-0.4, -0.2) is 12.1 Å². The van der Waals surface area contributed by atoms with Crippen LogP contribution in [0.25, 0.3) is 0 Å². The summed E-state index contributed by atoms with van der Waals surface area (Å²) in [5.41, 5.74) is 0.741. The summed E-state index contributed by atoms with van der Waals surface area (Å²) in [6.07, 6.45) is 8.62. The molecule has 2 aliphatic carbocycles. The van der Waals surface area contributed by atoms with Crippen molar-refractivity contribution in [3.05, 3.63) is 0 Å². The summed E-state index contributed by atoms with van der Waals surface area (Å²) in [6, 6.07) is 2.32. The van der Waals surface area contributed by atoms with Crippen LogP contribution < -0.4 is 5.32 Å². The molecule has 0 heterocycles. The molecule has 0 spiro atoms. The first kappa shape index (κ1) is 9.98. The predicted octanol–water partition coefficient (Wildman–Crippen LogP) is 2.60. The Hall–Kier alpha value is -0.550.